The highest BCUT2D eigenvalue weighted by Crippen LogP contribution is 2.23. The number of carbonyl (C=O) groups excluding carboxylic acids is 1. The van der Waals surface area contributed by atoms with Crippen LogP contribution in [0.15, 0.2) is 24.3 Å². The van der Waals surface area contributed by atoms with Crippen LogP contribution in [0.5, 0.6) is 0 Å². The van der Waals surface area contributed by atoms with Crippen molar-refractivity contribution in [1.82, 2.24) is 0 Å². The van der Waals surface area contributed by atoms with E-state index < -0.39 is 12.0 Å². The minimum Gasteiger partial charge on any atom is -0.370 e. The van der Waals surface area contributed by atoms with Crippen molar-refractivity contribution in [3.8, 4) is 6.07 Å². The van der Waals surface area contributed by atoms with Crippen LogP contribution in [0.25, 0.3) is 0 Å². The standard InChI is InChI=1S/C13H12FNO2/c14-10-5-3-9(4-6-10)11(8-15)13(16)12-2-1-7-17-12/h3-6,11-12H,1-2,7H2. The Kier molecular flexibility index (Phi) is 3.50. The lowest BCUT2D eigenvalue weighted by Crippen LogP contribution is -2.25. The van der Waals surface area contributed by atoms with Crippen LogP contribution in [0, 0.1) is 17.1 Å². The first-order valence-electron chi connectivity index (χ1n) is 5.53. The number of halogens is 1. The van der Waals surface area contributed by atoms with E-state index in [1.807, 2.05) is 6.07 Å². The van der Waals surface area contributed by atoms with Crippen LogP contribution in [0.3, 0.4) is 0 Å². The molecule has 1 aliphatic heterocycles. The van der Waals surface area contributed by atoms with E-state index in [1.165, 1.54) is 24.3 Å². The van der Waals surface area contributed by atoms with Gasteiger partial charge in [-0.25, -0.2) is 4.39 Å². The molecule has 1 aromatic rings. The first-order chi connectivity index (χ1) is 8.22. The summed E-state index contributed by atoms with van der Waals surface area (Å²) in [4.78, 5) is 12.0. The summed E-state index contributed by atoms with van der Waals surface area (Å²) < 4.78 is 18.0. The molecule has 1 fully saturated rings. The van der Waals surface area contributed by atoms with Crippen molar-refractivity contribution in [2.24, 2.45) is 0 Å². The Morgan fingerprint density at radius 1 is 1.47 bits per heavy atom. The molecule has 0 N–H and O–H groups in total. The predicted molar refractivity (Wildman–Crippen MR) is 58.7 cm³/mol. The van der Waals surface area contributed by atoms with Crippen molar-refractivity contribution in [2.75, 3.05) is 6.61 Å². The van der Waals surface area contributed by atoms with Crippen molar-refractivity contribution in [2.45, 2.75) is 24.9 Å². The average Bonchev–Trinajstić information content (AvgIpc) is 2.86. The number of hydrogen-bond acceptors (Lipinski definition) is 3. The number of nitriles is 1. The Morgan fingerprint density at radius 2 is 2.18 bits per heavy atom. The molecule has 1 heterocycles. The predicted octanol–water partition coefficient (Wildman–Crippen LogP) is 2.18. The average molecular weight is 233 g/mol. The van der Waals surface area contributed by atoms with Gasteiger partial charge in [0.05, 0.1) is 6.07 Å². The lowest BCUT2D eigenvalue weighted by Gasteiger charge is -2.13. The highest BCUT2D eigenvalue weighted by molar-refractivity contribution is 5.92. The van der Waals surface area contributed by atoms with Crippen LogP contribution in [0.2, 0.25) is 0 Å². The third-order valence-corrected chi connectivity index (χ3v) is 2.86. The molecule has 17 heavy (non-hydrogen) atoms. The van der Waals surface area contributed by atoms with Crippen molar-refractivity contribution in [3.63, 3.8) is 0 Å². The van der Waals surface area contributed by atoms with Crippen LogP contribution < -0.4 is 0 Å². The molecule has 1 aromatic carbocycles. The minimum absolute atomic E-state index is 0.225. The normalized spacial score (nSPS) is 20.8. The minimum atomic E-state index is -0.862. The van der Waals surface area contributed by atoms with Crippen LogP contribution in [-0.2, 0) is 9.53 Å². The maximum atomic E-state index is 12.8. The molecule has 88 valence electrons. The van der Waals surface area contributed by atoms with E-state index in [-0.39, 0.29) is 11.6 Å². The Balaban J connectivity index is 2.18. The largest absolute Gasteiger partial charge is 0.370 e. The van der Waals surface area contributed by atoms with Gasteiger partial charge in [0.15, 0.2) is 5.78 Å². The summed E-state index contributed by atoms with van der Waals surface area (Å²) >= 11 is 0. The quantitative estimate of drug-likeness (QED) is 0.804. The summed E-state index contributed by atoms with van der Waals surface area (Å²) in [5, 5.41) is 9.06. The van der Waals surface area contributed by atoms with Crippen molar-refractivity contribution < 1.29 is 13.9 Å². The maximum absolute atomic E-state index is 12.8. The topological polar surface area (TPSA) is 50.1 Å². The molecular weight excluding hydrogens is 221 g/mol. The summed E-state index contributed by atoms with van der Waals surface area (Å²) in [7, 11) is 0. The molecule has 0 aromatic heterocycles. The van der Waals surface area contributed by atoms with Gasteiger partial charge < -0.3 is 4.74 Å². The second-order valence-corrected chi connectivity index (χ2v) is 4.02. The Labute approximate surface area is 98.8 Å². The molecule has 2 atom stereocenters. The molecule has 0 spiro atoms. The second kappa shape index (κ2) is 5.07. The van der Waals surface area contributed by atoms with E-state index in [0.29, 0.717) is 18.6 Å². The molecule has 4 heteroatoms. The SMILES string of the molecule is N#CC(C(=O)C1CCCO1)c1ccc(F)cc1. The fourth-order valence-electron chi connectivity index (χ4n) is 1.95. The van der Waals surface area contributed by atoms with Crippen molar-refractivity contribution in [3.05, 3.63) is 35.6 Å². The number of rotatable bonds is 3. The maximum Gasteiger partial charge on any atom is 0.183 e. The van der Waals surface area contributed by atoms with E-state index in [9.17, 15) is 9.18 Å². The van der Waals surface area contributed by atoms with E-state index in [2.05, 4.69) is 0 Å². The number of ether oxygens (including phenoxy) is 1. The smallest absolute Gasteiger partial charge is 0.183 e. The van der Waals surface area contributed by atoms with E-state index in [1.54, 1.807) is 0 Å². The molecule has 0 saturated carbocycles. The lowest BCUT2D eigenvalue weighted by molar-refractivity contribution is -0.128. The highest BCUT2D eigenvalue weighted by Gasteiger charge is 2.31. The van der Waals surface area contributed by atoms with Gasteiger partial charge in [-0.2, -0.15) is 5.26 Å². The third kappa shape index (κ3) is 2.51. The van der Waals surface area contributed by atoms with Gasteiger partial charge in [-0.1, -0.05) is 12.1 Å². The summed E-state index contributed by atoms with van der Waals surface area (Å²) in [6.07, 6.45) is 1.03. The second-order valence-electron chi connectivity index (χ2n) is 4.02. The van der Waals surface area contributed by atoms with Crippen molar-refractivity contribution >= 4 is 5.78 Å². The fraction of sp³-hybridized carbons (Fsp3) is 0.385. The number of benzene rings is 1. The first kappa shape index (κ1) is 11.7. The number of Topliss-reactive ketones (excluding diaryl/α,β-unsaturated/α-hetero) is 1. The van der Waals surface area contributed by atoms with Gasteiger partial charge in [-0.05, 0) is 30.5 Å². The van der Waals surface area contributed by atoms with Gasteiger partial charge in [0.1, 0.15) is 17.8 Å². The Bertz CT molecular complexity index is 443. The van der Waals surface area contributed by atoms with Crippen LogP contribution in [-0.4, -0.2) is 18.5 Å². The summed E-state index contributed by atoms with van der Waals surface area (Å²) in [5.74, 6) is -1.47. The van der Waals surface area contributed by atoms with Crippen LogP contribution in [0.4, 0.5) is 4.39 Å². The molecule has 2 unspecified atom stereocenters. The van der Waals surface area contributed by atoms with Gasteiger partial charge in [-0.15, -0.1) is 0 Å². The summed E-state index contributed by atoms with van der Waals surface area (Å²) in [6, 6.07) is 7.40. The fourth-order valence-corrected chi connectivity index (χ4v) is 1.95. The molecule has 0 bridgehead atoms. The zero-order chi connectivity index (χ0) is 12.3. The van der Waals surface area contributed by atoms with Crippen molar-refractivity contribution in [1.29, 1.82) is 5.26 Å². The molecule has 3 nitrogen and oxygen atoms in total. The first-order valence-corrected chi connectivity index (χ1v) is 5.53. The van der Waals surface area contributed by atoms with Gasteiger partial charge in [-0.3, -0.25) is 4.79 Å². The van der Waals surface area contributed by atoms with E-state index >= 15 is 0 Å². The van der Waals surface area contributed by atoms with Gasteiger partial charge in [0.25, 0.3) is 0 Å². The Hall–Kier alpha value is -1.73. The van der Waals surface area contributed by atoms with Gasteiger partial charge in [0.2, 0.25) is 0 Å². The molecule has 0 radical (unpaired) electrons. The number of nitrogens with zero attached hydrogens (tertiary/aromatic N) is 1. The monoisotopic (exact) mass is 233 g/mol. The molecule has 1 saturated heterocycles. The van der Waals surface area contributed by atoms with E-state index in [0.717, 1.165) is 6.42 Å². The zero-order valence-electron chi connectivity index (χ0n) is 9.23. The molecule has 1 aliphatic rings. The van der Waals surface area contributed by atoms with Crippen LogP contribution in [0.1, 0.15) is 24.3 Å². The van der Waals surface area contributed by atoms with Gasteiger partial charge >= 0.3 is 0 Å². The third-order valence-electron chi connectivity index (χ3n) is 2.86. The molecule has 0 aliphatic carbocycles. The van der Waals surface area contributed by atoms with Gasteiger partial charge in [0, 0.05) is 6.61 Å². The molecule has 2 rings (SSSR count). The molecule has 0 amide bonds. The number of carbonyl (C=O) groups is 1. The molecular formula is C13H12FNO2. The zero-order valence-corrected chi connectivity index (χ0v) is 9.23. The number of hydrogen-bond donors (Lipinski definition) is 0. The summed E-state index contributed by atoms with van der Waals surface area (Å²) in [5.41, 5.74) is 0.523. The number of ketones is 1. The Morgan fingerprint density at radius 3 is 2.71 bits per heavy atom. The van der Waals surface area contributed by atoms with Crippen LogP contribution >= 0.6 is 0 Å². The summed E-state index contributed by atoms with van der Waals surface area (Å²) in [6.45, 7) is 0.567. The highest BCUT2D eigenvalue weighted by atomic mass is 19.1. The lowest BCUT2D eigenvalue weighted by atomic mass is 9.92. The van der Waals surface area contributed by atoms with E-state index in [4.69, 9.17) is 10.00 Å².